The molecule has 1 saturated heterocycles. The number of anilines is 2. The van der Waals surface area contributed by atoms with Crippen LogP contribution in [0.2, 0.25) is 5.02 Å². The molecule has 3 aromatic carbocycles. The van der Waals surface area contributed by atoms with E-state index in [-0.39, 0.29) is 17.5 Å². The van der Waals surface area contributed by atoms with Crippen LogP contribution in [0.3, 0.4) is 0 Å². The molecule has 1 unspecified atom stereocenters. The Morgan fingerprint density at radius 1 is 1.00 bits per heavy atom. The largest absolute Gasteiger partial charge is 0.497 e. The van der Waals surface area contributed by atoms with E-state index < -0.39 is 15.9 Å². The summed E-state index contributed by atoms with van der Waals surface area (Å²) >= 11 is 6.01. The third-order valence-electron chi connectivity index (χ3n) is 6.29. The number of amides is 1. The Morgan fingerprint density at radius 2 is 1.61 bits per heavy atom. The van der Waals surface area contributed by atoms with E-state index in [4.69, 9.17) is 16.3 Å². The fraction of sp³-hybridized carbons (Fsp3) is 0.296. The Bertz CT molecular complexity index is 1270. The minimum atomic E-state index is -4.03. The SMILES string of the molecule is COc1ccc(S(=O)(=O)N(CC(=O)NC(C)c2ccc(N3CCCC3)cc2)c2ccc(Cl)cc2)cc1. The molecule has 3 aromatic rings. The number of methoxy groups -OCH3 is 1. The highest BCUT2D eigenvalue weighted by molar-refractivity contribution is 7.92. The number of sulfonamides is 1. The van der Waals surface area contributed by atoms with E-state index in [0.717, 1.165) is 23.0 Å². The van der Waals surface area contributed by atoms with Crippen molar-refractivity contribution in [3.05, 3.63) is 83.4 Å². The van der Waals surface area contributed by atoms with Gasteiger partial charge in [-0.05, 0) is 86.0 Å². The molecule has 1 fully saturated rings. The second-order valence-corrected chi connectivity index (χ2v) is 11.0. The quantitative estimate of drug-likeness (QED) is 0.422. The van der Waals surface area contributed by atoms with Crippen molar-refractivity contribution in [1.29, 1.82) is 0 Å². The number of hydrogen-bond acceptors (Lipinski definition) is 5. The molecule has 1 aliphatic rings. The molecule has 0 spiro atoms. The van der Waals surface area contributed by atoms with Gasteiger partial charge in [-0.1, -0.05) is 23.7 Å². The van der Waals surface area contributed by atoms with Crippen LogP contribution < -0.4 is 19.3 Å². The third kappa shape index (κ3) is 5.94. The Balaban J connectivity index is 1.52. The fourth-order valence-corrected chi connectivity index (χ4v) is 5.79. The fourth-order valence-electron chi connectivity index (χ4n) is 4.25. The summed E-state index contributed by atoms with van der Waals surface area (Å²) in [4.78, 5) is 15.5. The summed E-state index contributed by atoms with van der Waals surface area (Å²) in [7, 11) is -2.53. The molecule has 0 aromatic heterocycles. The minimum absolute atomic E-state index is 0.0524. The number of halogens is 1. The van der Waals surface area contributed by atoms with Gasteiger partial charge in [-0.25, -0.2) is 8.42 Å². The van der Waals surface area contributed by atoms with Gasteiger partial charge in [0.2, 0.25) is 5.91 Å². The first-order valence-corrected chi connectivity index (χ1v) is 13.7. The monoisotopic (exact) mass is 527 g/mol. The van der Waals surface area contributed by atoms with Crippen molar-refractivity contribution in [2.75, 3.05) is 35.9 Å². The van der Waals surface area contributed by atoms with Gasteiger partial charge in [-0.2, -0.15) is 0 Å². The second-order valence-electron chi connectivity index (χ2n) is 8.74. The molecule has 0 bridgehead atoms. The lowest BCUT2D eigenvalue weighted by atomic mass is 10.1. The van der Waals surface area contributed by atoms with Gasteiger partial charge in [0.25, 0.3) is 10.0 Å². The molecule has 0 aliphatic carbocycles. The molecular formula is C27H30ClN3O4S. The Hall–Kier alpha value is -3.23. The van der Waals surface area contributed by atoms with E-state index in [1.165, 1.54) is 37.8 Å². The number of nitrogens with one attached hydrogen (secondary N) is 1. The van der Waals surface area contributed by atoms with Crippen molar-refractivity contribution in [3.63, 3.8) is 0 Å². The molecule has 1 N–H and O–H groups in total. The standard InChI is InChI=1S/C27H30ClN3O4S/c1-20(21-5-9-23(10-6-21)30-17-3-4-18-30)29-27(32)19-31(24-11-7-22(28)8-12-24)36(33,34)26-15-13-25(35-2)14-16-26/h5-16,20H,3-4,17-19H2,1-2H3,(H,29,32). The van der Waals surface area contributed by atoms with Crippen molar-refractivity contribution >= 4 is 38.9 Å². The van der Waals surface area contributed by atoms with E-state index in [1.54, 1.807) is 36.4 Å². The first-order valence-electron chi connectivity index (χ1n) is 11.8. The summed E-state index contributed by atoms with van der Waals surface area (Å²) in [5, 5.41) is 3.40. The molecule has 36 heavy (non-hydrogen) atoms. The minimum Gasteiger partial charge on any atom is -0.497 e. The molecule has 1 amide bonds. The lowest BCUT2D eigenvalue weighted by Gasteiger charge is -2.25. The maximum absolute atomic E-state index is 13.5. The molecule has 7 nitrogen and oxygen atoms in total. The van der Waals surface area contributed by atoms with Gasteiger partial charge in [0.05, 0.1) is 23.7 Å². The van der Waals surface area contributed by atoms with E-state index in [2.05, 4.69) is 22.3 Å². The highest BCUT2D eigenvalue weighted by Crippen LogP contribution is 2.27. The third-order valence-corrected chi connectivity index (χ3v) is 8.33. The van der Waals surface area contributed by atoms with Crippen LogP contribution in [0.4, 0.5) is 11.4 Å². The summed E-state index contributed by atoms with van der Waals surface area (Å²) in [6, 6.07) is 20.3. The van der Waals surface area contributed by atoms with Crippen molar-refractivity contribution < 1.29 is 17.9 Å². The van der Waals surface area contributed by atoms with E-state index in [0.29, 0.717) is 16.5 Å². The molecule has 9 heteroatoms. The summed E-state index contributed by atoms with van der Waals surface area (Å²) in [5.74, 6) is 0.118. The van der Waals surface area contributed by atoms with Crippen molar-refractivity contribution in [1.82, 2.24) is 5.32 Å². The van der Waals surface area contributed by atoms with Gasteiger partial charge >= 0.3 is 0 Å². The predicted molar refractivity (Wildman–Crippen MR) is 143 cm³/mol. The normalized spacial score (nSPS) is 14.4. The number of carbonyl (C=O) groups is 1. The van der Waals surface area contributed by atoms with Gasteiger partial charge < -0.3 is 15.0 Å². The van der Waals surface area contributed by atoms with Crippen molar-refractivity contribution in [2.24, 2.45) is 0 Å². The van der Waals surface area contributed by atoms with Crippen LogP contribution in [0, 0.1) is 0 Å². The van der Waals surface area contributed by atoms with Crippen LogP contribution in [-0.2, 0) is 14.8 Å². The average Bonchev–Trinajstić information content (AvgIpc) is 3.43. The number of carbonyl (C=O) groups excluding carboxylic acids is 1. The second kappa shape index (κ2) is 11.2. The molecule has 1 aliphatic heterocycles. The Kier molecular flexibility index (Phi) is 8.06. The zero-order chi connectivity index (χ0) is 25.7. The average molecular weight is 528 g/mol. The summed E-state index contributed by atoms with van der Waals surface area (Å²) in [5.41, 5.74) is 2.46. The molecule has 0 saturated carbocycles. The van der Waals surface area contributed by atoms with E-state index >= 15 is 0 Å². The lowest BCUT2D eigenvalue weighted by molar-refractivity contribution is -0.120. The topological polar surface area (TPSA) is 79.0 Å². The van der Waals surface area contributed by atoms with Gasteiger partial charge in [-0.15, -0.1) is 0 Å². The molecule has 4 rings (SSSR count). The maximum atomic E-state index is 13.5. The highest BCUT2D eigenvalue weighted by atomic mass is 35.5. The highest BCUT2D eigenvalue weighted by Gasteiger charge is 2.28. The van der Waals surface area contributed by atoms with Gasteiger partial charge in [-0.3, -0.25) is 9.10 Å². The summed E-state index contributed by atoms with van der Waals surface area (Å²) in [6.07, 6.45) is 2.41. The van der Waals surface area contributed by atoms with Crippen LogP contribution in [-0.4, -0.2) is 41.1 Å². The molecule has 190 valence electrons. The number of rotatable bonds is 9. The van der Waals surface area contributed by atoms with Gasteiger partial charge in [0, 0.05) is 23.8 Å². The first kappa shape index (κ1) is 25.9. The van der Waals surface area contributed by atoms with Crippen LogP contribution in [0.15, 0.2) is 77.7 Å². The number of ether oxygens (including phenoxy) is 1. The lowest BCUT2D eigenvalue weighted by Crippen LogP contribution is -2.41. The van der Waals surface area contributed by atoms with E-state index in [9.17, 15) is 13.2 Å². The number of benzene rings is 3. The Labute approximate surface area is 217 Å². The van der Waals surface area contributed by atoms with Crippen molar-refractivity contribution in [3.8, 4) is 5.75 Å². The Morgan fingerprint density at radius 3 is 2.19 bits per heavy atom. The van der Waals surface area contributed by atoms with Crippen LogP contribution in [0.1, 0.15) is 31.4 Å². The van der Waals surface area contributed by atoms with Crippen LogP contribution in [0.25, 0.3) is 0 Å². The number of nitrogens with zero attached hydrogens (tertiary/aromatic N) is 2. The zero-order valence-corrected chi connectivity index (χ0v) is 21.9. The molecular weight excluding hydrogens is 498 g/mol. The molecule has 1 atom stereocenters. The van der Waals surface area contributed by atoms with Gasteiger partial charge in [0.15, 0.2) is 0 Å². The summed E-state index contributed by atoms with van der Waals surface area (Å²) < 4.78 is 33.3. The van der Waals surface area contributed by atoms with Crippen LogP contribution >= 0.6 is 11.6 Å². The number of hydrogen-bond donors (Lipinski definition) is 1. The van der Waals surface area contributed by atoms with Crippen molar-refractivity contribution in [2.45, 2.75) is 30.7 Å². The zero-order valence-electron chi connectivity index (χ0n) is 20.4. The molecule has 0 radical (unpaired) electrons. The molecule has 1 heterocycles. The van der Waals surface area contributed by atoms with E-state index in [1.807, 2.05) is 19.1 Å². The maximum Gasteiger partial charge on any atom is 0.264 e. The van der Waals surface area contributed by atoms with Gasteiger partial charge in [0.1, 0.15) is 12.3 Å². The summed E-state index contributed by atoms with van der Waals surface area (Å²) in [6.45, 7) is 3.63. The smallest absolute Gasteiger partial charge is 0.264 e. The van der Waals surface area contributed by atoms with Crippen LogP contribution in [0.5, 0.6) is 5.75 Å². The predicted octanol–water partition coefficient (Wildman–Crippen LogP) is 5.02. The first-order chi connectivity index (χ1) is 17.3.